The Balaban J connectivity index is 1.55. The number of nitrogens with zero attached hydrogens (tertiary/aromatic N) is 1. The highest BCUT2D eigenvalue weighted by Crippen LogP contribution is 2.26. The van der Waals surface area contributed by atoms with E-state index in [2.05, 4.69) is 28.3 Å². The van der Waals surface area contributed by atoms with Crippen molar-refractivity contribution in [1.82, 2.24) is 10.0 Å². The van der Waals surface area contributed by atoms with E-state index in [4.69, 9.17) is 5.21 Å². The van der Waals surface area contributed by atoms with Crippen LogP contribution in [0.2, 0.25) is 0 Å². The molecule has 1 amide bonds. The predicted octanol–water partition coefficient (Wildman–Crippen LogP) is 4.33. The van der Waals surface area contributed by atoms with Gasteiger partial charge in [-0.25, -0.2) is 5.48 Å². The second-order valence-electron chi connectivity index (χ2n) is 6.66. The number of aromatic nitrogens is 1. The van der Waals surface area contributed by atoms with Crippen molar-refractivity contribution in [3.63, 3.8) is 0 Å². The van der Waals surface area contributed by atoms with E-state index in [0.29, 0.717) is 0 Å². The fourth-order valence-corrected chi connectivity index (χ4v) is 3.35. The maximum absolute atomic E-state index is 11.0. The number of carbonyl (C=O) groups excluding carboxylic acids is 1. The number of amides is 1. The van der Waals surface area contributed by atoms with E-state index >= 15 is 0 Å². The van der Waals surface area contributed by atoms with Gasteiger partial charge in [0, 0.05) is 30.7 Å². The van der Waals surface area contributed by atoms with Gasteiger partial charge in [-0.2, -0.15) is 0 Å². The first-order valence-electron chi connectivity index (χ1n) is 8.88. The molecule has 25 heavy (non-hydrogen) atoms. The maximum atomic E-state index is 11.0. The van der Waals surface area contributed by atoms with Crippen molar-refractivity contribution in [1.29, 1.82) is 0 Å². The molecule has 1 aromatic heterocycles. The Morgan fingerprint density at radius 3 is 2.60 bits per heavy atom. The van der Waals surface area contributed by atoms with E-state index in [0.717, 1.165) is 29.4 Å². The zero-order valence-electron chi connectivity index (χ0n) is 14.3. The largest absolute Gasteiger partial charge is 0.354 e. The van der Waals surface area contributed by atoms with Crippen molar-refractivity contribution in [3.05, 3.63) is 54.4 Å². The van der Waals surface area contributed by atoms with Crippen molar-refractivity contribution < 1.29 is 10.0 Å². The average molecular weight is 339 g/mol. The quantitative estimate of drug-likeness (QED) is 0.417. The van der Waals surface area contributed by atoms with Gasteiger partial charge in [-0.1, -0.05) is 31.4 Å². The lowest BCUT2D eigenvalue weighted by Crippen LogP contribution is -2.14. The van der Waals surface area contributed by atoms with Crippen LogP contribution in [0, 0.1) is 5.92 Å². The lowest BCUT2D eigenvalue weighted by molar-refractivity contribution is -0.124. The molecule has 0 atom stereocenters. The molecule has 132 valence electrons. The van der Waals surface area contributed by atoms with Gasteiger partial charge in [0.2, 0.25) is 0 Å². The number of benzene rings is 1. The van der Waals surface area contributed by atoms with Crippen LogP contribution in [-0.2, 0) is 11.3 Å². The van der Waals surface area contributed by atoms with Crippen LogP contribution < -0.4 is 10.8 Å². The third-order valence-electron chi connectivity index (χ3n) is 4.68. The molecule has 1 aromatic carbocycles. The molecule has 5 heteroatoms. The van der Waals surface area contributed by atoms with E-state index in [1.165, 1.54) is 38.2 Å². The first-order chi connectivity index (χ1) is 12.2. The zero-order chi connectivity index (χ0) is 17.5. The predicted molar refractivity (Wildman–Crippen MR) is 99.7 cm³/mol. The summed E-state index contributed by atoms with van der Waals surface area (Å²) in [4.78, 5) is 11.0. The zero-order valence-corrected chi connectivity index (χ0v) is 14.3. The number of nitrogens with one attached hydrogen (secondary N) is 2. The molecule has 0 radical (unpaired) electrons. The molecule has 1 aliphatic rings. The second-order valence-corrected chi connectivity index (χ2v) is 6.66. The number of anilines is 2. The monoisotopic (exact) mass is 339 g/mol. The molecular weight excluding hydrogens is 314 g/mol. The van der Waals surface area contributed by atoms with Crippen LogP contribution in [0.4, 0.5) is 11.4 Å². The summed E-state index contributed by atoms with van der Waals surface area (Å²) in [7, 11) is 0. The molecule has 0 aliphatic heterocycles. The Labute approximate surface area is 148 Å². The summed E-state index contributed by atoms with van der Waals surface area (Å²) in [5.41, 5.74) is 4.54. The first kappa shape index (κ1) is 17.3. The van der Waals surface area contributed by atoms with Crippen molar-refractivity contribution in [2.75, 3.05) is 5.32 Å². The van der Waals surface area contributed by atoms with Crippen molar-refractivity contribution >= 4 is 23.4 Å². The third-order valence-corrected chi connectivity index (χ3v) is 4.68. The molecule has 1 fully saturated rings. The standard InChI is InChI=1S/C20H25N3O2/c24-20(22-25)11-8-16-6-9-18(10-7-16)21-19-12-13-23(15-19)14-17-4-2-1-3-5-17/h6-13,15,17,21,25H,1-5,14H2,(H,22,24). The van der Waals surface area contributed by atoms with Crippen molar-refractivity contribution in [2.45, 2.75) is 38.6 Å². The molecule has 0 spiro atoms. The average Bonchev–Trinajstić information content (AvgIpc) is 3.08. The molecule has 0 unspecified atom stereocenters. The lowest BCUT2D eigenvalue weighted by Gasteiger charge is -2.21. The van der Waals surface area contributed by atoms with Gasteiger partial charge >= 0.3 is 0 Å². The smallest absolute Gasteiger partial charge is 0.267 e. The summed E-state index contributed by atoms with van der Waals surface area (Å²) in [6.45, 7) is 1.11. The maximum Gasteiger partial charge on any atom is 0.267 e. The molecule has 0 bridgehead atoms. The van der Waals surface area contributed by atoms with Crippen molar-refractivity contribution in [2.24, 2.45) is 5.92 Å². The topological polar surface area (TPSA) is 66.3 Å². The SMILES string of the molecule is O=C(C=Cc1ccc(Nc2ccn(CC3CCCCC3)c2)cc1)NO. The minimum Gasteiger partial charge on any atom is -0.354 e. The van der Waals surface area contributed by atoms with E-state index < -0.39 is 5.91 Å². The second kappa shape index (κ2) is 8.53. The Kier molecular flexibility index (Phi) is 5.90. The molecule has 2 aromatic rings. The number of rotatable bonds is 6. The number of hydrogen-bond acceptors (Lipinski definition) is 3. The van der Waals surface area contributed by atoms with Crippen LogP contribution in [0.25, 0.3) is 6.08 Å². The number of hydrogen-bond donors (Lipinski definition) is 3. The first-order valence-corrected chi connectivity index (χ1v) is 8.88. The molecular formula is C20H25N3O2. The Bertz CT molecular complexity index is 713. The van der Waals surface area contributed by atoms with Crippen LogP contribution in [0.5, 0.6) is 0 Å². The lowest BCUT2D eigenvalue weighted by atomic mass is 9.89. The Morgan fingerprint density at radius 2 is 1.88 bits per heavy atom. The summed E-state index contributed by atoms with van der Waals surface area (Å²) in [6, 6.07) is 9.87. The van der Waals surface area contributed by atoms with E-state index in [1.54, 1.807) is 11.6 Å². The minimum absolute atomic E-state index is 0.540. The van der Waals surface area contributed by atoms with Gasteiger partial charge in [-0.15, -0.1) is 0 Å². The van der Waals surface area contributed by atoms with Gasteiger partial charge < -0.3 is 9.88 Å². The van der Waals surface area contributed by atoms with Crippen molar-refractivity contribution in [3.8, 4) is 0 Å². The van der Waals surface area contributed by atoms with Gasteiger partial charge in [-0.3, -0.25) is 10.0 Å². The van der Waals surface area contributed by atoms with E-state index in [1.807, 2.05) is 24.3 Å². The molecule has 1 saturated carbocycles. The van der Waals surface area contributed by atoms with Crippen LogP contribution in [0.1, 0.15) is 37.7 Å². The van der Waals surface area contributed by atoms with Gasteiger partial charge in [0.25, 0.3) is 5.91 Å². The van der Waals surface area contributed by atoms with E-state index in [-0.39, 0.29) is 0 Å². The molecule has 1 aliphatic carbocycles. The van der Waals surface area contributed by atoms with Crippen LogP contribution >= 0.6 is 0 Å². The van der Waals surface area contributed by atoms with E-state index in [9.17, 15) is 4.79 Å². The van der Waals surface area contributed by atoms with Crippen LogP contribution in [0.15, 0.2) is 48.8 Å². The minimum atomic E-state index is -0.540. The number of hydroxylamine groups is 1. The van der Waals surface area contributed by atoms with Gasteiger partial charge in [0.1, 0.15) is 0 Å². The summed E-state index contributed by atoms with van der Waals surface area (Å²) in [5, 5.41) is 11.9. The summed E-state index contributed by atoms with van der Waals surface area (Å²) in [5.74, 6) is 0.276. The summed E-state index contributed by atoms with van der Waals surface area (Å²) < 4.78 is 2.28. The normalized spacial score (nSPS) is 15.4. The van der Waals surface area contributed by atoms with Gasteiger partial charge in [0.15, 0.2) is 0 Å². The Hall–Kier alpha value is -2.53. The summed E-state index contributed by atoms with van der Waals surface area (Å²) >= 11 is 0. The van der Waals surface area contributed by atoms with Gasteiger partial charge in [0.05, 0.1) is 5.69 Å². The molecule has 3 N–H and O–H groups in total. The third kappa shape index (κ3) is 5.22. The Morgan fingerprint density at radius 1 is 1.12 bits per heavy atom. The molecule has 0 saturated heterocycles. The summed E-state index contributed by atoms with van der Waals surface area (Å²) in [6.07, 6.45) is 14.1. The van der Waals surface area contributed by atoms with Gasteiger partial charge in [-0.05, 0) is 48.6 Å². The van der Waals surface area contributed by atoms with Crippen LogP contribution in [-0.4, -0.2) is 15.7 Å². The fraction of sp³-hybridized carbons (Fsp3) is 0.350. The number of carbonyl (C=O) groups is 1. The van der Waals surface area contributed by atoms with Crippen LogP contribution in [0.3, 0.4) is 0 Å². The molecule has 3 rings (SSSR count). The highest BCUT2D eigenvalue weighted by Gasteiger charge is 2.13. The molecule has 1 heterocycles. The fourth-order valence-electron chi connectivity index (χ4n) is 3.35. The highest BCUT2D eigenvalue weighted by atomic mass is 16.5. The molecule has 5 nitrogen and oxygen atoms in total. The highest BCUT2D eigenvalue weighted by molar-refractivity contribution is 5.90.